The van der Waals surface area contributed by atoms with Crippen molar-refractivity contribution in [3.05, 3.63) is 47.4 Å². The fourth-order valence-electron chi connectivity index (χ4n) is 2.51. The highest BCUT2D eigenvalue weighted by Crippen LogP contribution is 2.27. The largest absolute Gasteiger partial charge is 0.367 e. The number of benzene rings is 1. The summed E-state index contributed by atoms with van der Waals surface area (Å²) < 4.78 is 0. The summed E-state index contributed by atoms with van der Waals surface area (Å²) in [5, 5.41) is 9.88. The lowest BCUT2D eigenvalue weighted by atomic mass is 10.2. The van der Waals surface area contributed by atoms with Crippen LogP contribution in [-0.2, 0) is 0 Å². The van der Waals surface area contributed by atoms with Gasteiger partial charge in [0.05, 0.1) is 10.7 Å². The molecule has 0 amide bonds. The monoisotopic (exact) mass is 299 g/mol. The van der Waals surface area contributed by atoms with Gasteiger partial charge >= 0.3 is 0 Å². The van der Waals surface area contributed by atoms with E-state index in [1.54, 1.807) is 12.4 Å². The first-order chi connectivity index (χ1) is 10.3. The zero-order valence-corrected chi connectivity index (χ0v) is 12.2. The van der Waals surface area contributed by atoms with Gasteiger partial charge in [-0.25, -0.2) is 9.97 Å². The number of rotatable bonds is 2. The number of nitrogens with zero attached hydrogens (tertiary/aromatic N) is 5. The highest BCUT2D eigenvalue weighted by molar-refractivity contribution is 6.33. The van der Waals surface area contributed by atoms with Crippen LogP contribution >= 0.6 is 11.6 Å². The topological polar surface area (TPSA) is 56.1 Å². The molecule has 0 radical (unpaired) electrons. The van der Waals surface area contributed by atoms with E-state index in [1.165, 1.54) is 0 Å². The lowest BCUT2D eigenvalue weighted by Crippen LogP contribution is -2.47. The molecule has 2 heterocycles. The zero-order valence-electron chi connectivity index (χ0n) is 11.4. The molecule has 3 rings (SSSR count). The van der Waals surface area contributed by atoms with Gasteiger partial charge in [-0.05, 0) is 12.1 Å². The Hall–Kier alpha value is -2.32. The number of para-hydroxylation sites is 1. The molecule has 0 spiro atoms. The Kier molecular flexibility index (Phi) is 3.89. The molecule has 106 valence electrons. The predicted molar refractivity (Wildman–Crippen MR) is 82.6 cm³/mol. The number of piperazine rings is 1. The second kappa shape index (κ2) is 5.98. The van der Waals surface area contributed by atoms with Gasteiger partial charge in [-0.2, -0.15) is 5.26 Å². The number of hydrogen-bond acceptors (Lipinski definition) is 5. The lowest BCUT2D eigenvalue weighted by molar-refractivity contribution is 0.645. The smallest absolute Gasteiger partial charge is 0.183 e. The fraction of sp³-hybridized carbons (Fsp3) is 0.267. The lowest BCUT2D eigenvalue weighted by Gasteiger charge is -2.37. The van der Waals surface area contributed by atoms with Crippen molar-refractivity contribution in [2.45, 2.75) is 0 Å². The maximum atomic E-state index is 9.11. The van der Waals surface area contributed by atoms with Gasteiger partial charge in [0.25, 0.3) is 0 Å². The van der Waals surface area contributed by atoms with Crippen LogP contribution in [0.1, 0.15) is 5.69 Å². The zero-order chi connectivity index (χ0) is 14.7. The molecular weight excluding hydrogens is 286 g/mol. The standard InChI is InChI=1S/C15H14ClN5/c16-12-3-1-2-4-14(12)20-7-9-21(10-8-20)15-13(11-17)18-5-6-19-15/h1-6H,7-10H2. The molecule has 6 heteroatoms. The van der Waals surface area contributed by atoms with E-state index in [0.717, 1.165) is 36.9 Å². The van der Waals surface area contributed by atoms with Crippen molar-refractivity contribution in [2.24, 2.45) is 0 Å². The summed E-state index contributed by atoms with van der Waals surface area (Å²) in [5.41, 5.74) is 1.43. The highest BCUT2D eigenvalue weighted by Gasteiger charge is 2.21. The molecule has 1 aromatic heterocycles. The molecule has 1 saturated heterocycles. The van der Waals surface area contributed by atoms with E-state index < -0.39 is 0 Å². The number of anilines is 2. The number of hydrogen-bond donors (Lipinski definition) is 0. The van der Waals surface area contributed by atoms with Crippen molar-refractivity contribution in [3.8, 4) is 6.07 Å². The molecule has 5 nitrogen and oxygen atoms in total. The molecule has 0 aliphatic carbocycles. The summed E-state index contributed by atoms with van der Waals surface area (Å²) in [6.45, 7) is 3.26. The van der Waals surface area contributed by atoms with Crippen LogP contribution in [0.3, 0.4) is 0 Å². The predicted octanol–water partition coefficient (Wildman–Crippen LogP) is 2.33. The van der Waals surface area contributed by atoms with E-state index >= 15 is 0 Å². The van der Waals surface area contributed by atoms with Crippen LogP contribution in [0.2, 0.25) is 5.02 Å². The molecule has 0 saturated carbocycles. The number of halogens is 1. The van der Waals surface area contributed by atoms with Crippen LogP contribution in [0, 0.1) is 11.3 Å². The van der Waals surface area contributed by atoms with Gasteiger partial charge < -0.3 is 9.80 Å². The molecular formula is C15H14ClN5. The summed E-state index contributed by atoms with van der Waals surface area (Å²) in [6.07, 6.45) is 3.17. The molecule has 1 fully saturated rings. The maximum Gasteiger partial charge on any atom is 0.183 e. The first-order valence-electron chi connectivity index (χ1n) is 6.75. The molecule has 21 heavy (non-hydrogen) atoms. The Balaban J connectivity index is 1.74. The normalized spacial score (nSPS) is 14.9. The molecule has 1 aliphatic rings. The van der Waals surface area contributed by atoms with Crippen molar-refractivity contribution in [1.29, 1.82) is 5.26 Å². The Morgan fingerprint density at radius 3 is 2.38 bits per heavy atom. The molecule has 0 N–H and O–H groups in total. The van der Waals surface area contributed by atoms with E-state index in [1.807, 2.05) is 24.3 Å². The average Bonchev–Trinajstić information content (AvgIpc) is 2.55. The minimum atomic E-state index is 0.378. The Bertz CT molecular complexity index is 674. The Morgan fingerprint density at radius 2 is 1.67 bits per heavy atom. The molecule has 0 atom stereocenters. The van der Waals surface area contributed by atoms with E-state index in [2.05, 4.69) is 25.8 Å². The van der Waals surface area contributed by atoms with E-state index in [4.69, 9.17) is 16.9 Å². The van der Waals surface area contributed by atoms with Crippen LogP contribution in [0.25, 0.3) is 0 Å². The summed E-state index contributed by atoms with van der Waals surface area (Å²) in [6, 6.07) is 9.95. The van der Waals surface area contributed by atoms with Crippen LogP contribution in [-0.4, -0.2) is 36.1 Å². The fourth-order valence-corrected chi connectivity index (χ4v) is 2.76. The minimum absolute atomic E-state index is 0.378. The van der Waals surface area contributed by atoms with E-state index in [0.29, 0.717) is 11.5 Å². The van der Waals surface area contributed by atoms with Gasteiger partial charge in [-0.1, -0.05) is 23.7 Å². The Morgan fingerprint density at radius 1 is 1.00 bits per heavy atom. The van der Waals surface area contributed by atoms with Gasteiger partial charge in [0.1, 0.15) is 6.07 Å². The van der Waals surface area contributed by atoms with Crippen molar-refractivity contribution in [3.63, 3.8) is 0 Å². The third-order valence-electron chi connectivity index (χ3n) is 3.56. The first kappa shape index (κ1) is 13.7. The van der Waals surface area contributed by atoms with Gasteiger partial charge in [0, 0.05) is 38.6 Å². The van der Waals surface area contributed by atoms with Gasteiger partial charge in [-0.15, -0.1) is 0 Å². The van der Waals surface area contributed by atoms with Crippen LogP contribution < -0.4 is 9.80 Å². The second-order valence-electron chi connectivity index (χ2n) is 4.77. The van der Waals surface area contributed by atoms with Gasteiger partial charge in [0.2, 0.25) is 0 Å². The van der Waals surface area contributed by atoms with Crippen LogP contribution in [0.5, 0.6) is 0 Å². The minimum Gasteiger partial charge on any atom is -0.367 e. The maximum absolute atomic E-state index is 9.11. The van der Waals surface area contributed by atoms with E-state index in [9.17, 15) is 0 Å². The van der Waals surface area contributed by atoms with Crippen LogP contribution in [0.15, 0.2) is 36.7 Å². The summed E-state index contributed by atoms with van der Waals surface area (Å²) in [5.74, 6) is 0.666. The third-order valence-corrected chi connectivity index (χ3v) is 3.88. The van der Waals surface area contributed by atoms with Gasteiger partial charge in [0.15, 0.2) is 11.5 Å². The summed E-state index contributed by atoms with van der Waals surface area (Å²) in [7, 11) is 0. The van der Waals surface area contributed by atoms with Gasteiger partial charge in [-0.3, -0.25) is 0 Å². The summed E-state index contributed by atoms with van der Waals surface area (Å²) >= 11 is 6.24. The average molecular weight is 300 g/mol. The highest BCUT2D eigenvalue weighted by atomic mass is 35.5. The third kappa shape index (κ3) is 2.76. The summed E-state index contributed by atoms with van der Waals surface area (Å²) in [4.78, 5) is 12.7. The Labute approximate surface area is 128 Å². The SMILES string of the molecule is N#Cc1nccnc1N1CCN(c2ccccc2Cl)CC1. The van der Waals surface area contributed by atoms with Crippen molar-refractivity contribution >= 4 is 23.1 Å². The van der Waals surface area contributed by atoms with Crippen LogP contribution in [0.4, 0.5) is 11.5 Å². The van der Waals surface area contributed by atoms with Crippen molar-refractivity contribution < 1.29 is 0 Å². The molecule has 2 aromatic rings. The first-order valence-corrected chi connectivity index (χ1v) is 7.13. The second-order valence-corrected chi connectivity index (χ2v) is 5.17. The molecule has 0 unspecified atom stereocenters. The quantitative estimate of drug-likeness (QED) is 0.852. The molecule has 1 aliphatic heterocycles. The molecule has 1 aromatic carbocycles. The number of nitriles is 1. The van der Waals surface area contributed by atoms with Crippen molar-refractivity contribution in [2.75, 3.05) is 36.0 Å². The van der Waals surface area contributed by atoms with E-state index in [-0.39, 0.29) is 0 Å². The van der Waals surface area contributed by atoms with Crippen molar-refractivity contribution in [1.82, 2.24) is 9.97 Å². The number of aromatic nitrogens is 2. The molecule has 0 bridgehead atoms.